The molecule has 320 valence electrons. The zero-order valence-corrected chi connectivity index (χ0v) is 34.4. The summed E-state index contributed by atoms with van der Waals surface area (Å²) in [6.45, 7) is 3.95. The molecule has 6 aromatic carbocycles. The summed E-state index contributed by atoms with van der Waals surface area (Å²) in [5, 5.41) is 24.1. The molecule has 2 heterocycles. The third kappa shape index (κ3) is 8.64. The lowest BCUT2D eigenvalue weighted by atomic mass is 9.97. The molecule has 0 radical (unpaired) electrons. The number of aromatic nitrogens is 2. The molecule has 0 aliphatic carbocycles. The van der Waals surface area contributed by atoms with Crippen LogP contribution in [-0.2, 0) is 7.05 Å². The van der Waals surface area contributed by atoms with Crippen LogP contribution in [-0.4, -0.2) is 50.1 Å². The van der Waals surface area contributed by atoms with Crippen LogP contribution in [0.25, 0.3) is 27.2 Å². The zero-order valence-electron chi connectivity index (χ0n) is 34.4. The summed E-state index contributed by atoms with van der Waals surface area (Å²) in [4.78, 5) is 98.4. The first kappa shape index (κ1) is 43.2. The summed E-state index contributed by atoms with van der Waals surface area (Å²) in [6, 6.07) is 32.4. The summed E-state index contributed by atoms with van der Waals surface area (Å²) in [6.07, 6.45) is 0. The van der Waals surface area contributed by atoms with Crippen molar-refractivity contribution in [1.82, 2.24) is 14.5 Å². The summed E-state index contributed by atoms with van der Waals surface area (Å²) in [7, 11) is 2.66. The number of hydrogen-bond acceptors (Lipinski definition) is 10. The Hall–Kier alpha value is -8.92. The maximum atomic E-state index is 12.9. The fourth-order valence-electron chi connectivity index (χ4n) is 6.75. The first-order valence-electron chi connectivity index (χ1n) is 19.3. The number of nitrogens with zero attached hydrogens (tertiary/aromatic N) is 2. The van der Waals surface area contributed by atoms with E-state index in [0.29, 0.717) is 34.4 Å². The van der Waals surface area contributed by atoms with Crippen molar-refractivity contribution < 1.29 is 38.9 Å². The molecule has 8 rings (SSSR count). The Morgan fingerprint density at radius 2 is 0.844 bits per heavy atom. The molecule has 0 aliphatic rings. The van der Waals surface area contributed by atoms with E-state index in [4.69, 9.17) is 9.47 Å². The number of carbonyl (C=O) groups excluding carboxylic acids is 2. The van der Waals surface area contributed by atoms with E-state index in [0.717, 1.165) is 32.4 Å². The first-order valence-corrected chi connectivity index (χ1v) is 19.3. The fraction of sp³-hybridized carbons (Fsp3) is 0.0833. The number of aryl methyl sites for hydroxylation is 2. The minimum atomic E-state index is -1.51. The lowest BCUT2D eigenvalue weighted by Crippen LogP contribution is -2.24. The Morgan fingerprint density at radius 3 is 1.25 bits per heavy atom. The van der Waals surface area contributed by atoms with Gasteiger partial charge in [-0.3, -0.25) is 33.3 Å². The highest BCUT2D eigenvalue weighted by Crippen LogP contribution is 2.26. The van der Waals surface area contributed by atoms with Crippen molar-refractivity contribution in [2.75, 3.05) is 12.4 Å². The van der Waals surface area contributed by atoms with Crippen molar-refractivity contribution >= 4 is 51.0 Å². The lowest BCUT2D eigenvalue weighted by Gasteiger charge is -2.13. The molecule has 0 fully saturated rings. The second kappa shape index (κ2) is 17.6. The number of hydrogen-bond donors (Lipinski definition) is 4. The van der Waals surface area contributed by atoms with Gasteiger partial charge in [-0.1, -0.05) is 35.4 Å². The molecule has 16 nitrogen and oxygen atoms in total. The highest BCUT2D eigenvalue weighted by atomic mass is 16.5. The molecule has 0 unspecified atom stereocenters. The Labute approximate surface area is 361 Å². The topological polar surface area (TPSA) is 229 Å². The van der Waals surface area contributed by atoms with Gasteiger partial charge in [0.15, 0.2) is 0 Å². The van der Waals surface area contributed by atoms with Gasteiger partial charge in [-0.25, -0.2) is 14.2 Å². The van der Waals surface area contributed by atoms with E-state index in [9.17, 15) is 48.6 Å². The van der Waals surface area contributed by atoms with Crippen LogP contribution in [0.4, 0.5) is 5.69 Å². The van der Waals surface area contributed by atoms with E-state index in [-0.39, 0.29) is 32.7 Å². The molecular formula is C48H36N4O12. The van der Waals surface area contributed by atoms with Crippen LogP contribution in [0.5, 0.6) is 23.0 Å². The minimum Gasteiger partial charge on any atom is -0.478 e. The van der Waals surface area contributed by atoms with Crippen molar-refractivity contribution in [3.8, 4) is 28.7 Å². The average Bonchev–Trinajstić information content (AvgIpc) is 3.66. The van der Waals surface area contributed by atoms with Crippen LogP contribution < -0.4 is 42.3 Å². The van der Waals surface area contributed by atoms with Gasteiger partial charge in [0.1, 0.15) is 23.0 Å². The number of ether oxygens (including phenoxy) is 2. The smallest absolute Gasteiger partial charge is 0.336 e. The first-order chi connectivity index (χ1) is 30.5. The van der Waals surface area contributed by atoms with Crippen LogP contribution in [0.2, 0.25) is 0 Å². The van der Waals surface area contributed by atoms with Gasteiger partial charge in [-0.15, -0.1) is 0 Å². The van der Waals surface area contributed by atoms with Crippen LogP contribution in [0, 0.1) is 13.8 Å². The largest absolute Gasteiger partial charge is 0.478 e. The second-order valence-electron chi connectivity index (χ2n) is 14.5. The molecule has 0 spiro atoms. The predicted octanol–water partition coefficient (Wildman–Crippen LogP) is 6.33. The molecular weight excluding hydrogens is 825 g/mol. The Bertz CT molecular complexity index is 3280. The maximum absolute atomic E-state index is 12.9. The molecule has 0 aliphatic heterocycles. The van der Waals surface area contributed by atoms with Gasteiger partial charge >= 0.3 is 11.9 Å². The summed E-state index contributed by atoms with van der Waals surface area (Å²) < 4.78 is 13.5. The van der Waals surface area contributed by atoms with Crippen molar-refractivity contribution in [3.63, 3.8) is 0 Å². The molecule has 0 atom stereocenters. The SMILES string of the molecule is CNC(=O)c1cc(C(=O)Nc2ccc(Oc3ccc(C)cc3)cc2)c(C(=O)O)cc1C(=O)O.Cc1ccc(Oc2ccc(-n3c(=O)c4cc5c(=O)n(C)c(=O)c5cc4c3=O)cc2)cc1. The number of anilines is 1. The minimum absolute atomic E-state index is 0.111. The van der Waals surface area contributed by atoms with E-state index in [1.165, 1.54) is 26.2 Å². The summed E-state index contributed by atoms with van der Waals surface area (Å²) in [5.41, 5.74) is -0.876. The normalized spacial score (nSPS) is 10.8. The van der Waals surface area contributed by atoms with E-state index < -0.39 is 57.1 Å². The van der Waals surface area contributed by atoms with Crippen LogP contribution >= 0.6 is 0 Å². The van der Waals surface area contributed by atoms with E-state index in [1.807, 2.05) is 62.4 Å². The fourth-order valence-corrected chi connectivity index (χ4v) is 6.75. The number of carboxylic acids is 2. The average molecular weight is 861 g/mol. The Morgan fingerprint density at radius 1 is 0.484 bits per heavy atom. The van der Waals surface area contributed by atoms with Gasteiger partial charge in [0.2, 0.25) is 0 Å². The van der Waals surface area contributed by atoms with Crippen LogP contribution in [0.3, 0.4) is 0 Å². The van der Waals surface area contributed by atoms with Crippen molar-refractivity contribution in [3.05, 3.63) is 196 Å². The third-order valence-corrected chi connectivity index (χ3v) is 10.2. The number of rotatable bonds is 10. The number of amides is 2. The van der Waals surface area contributed by atoms with E-state index in [2.05, 4.69) is 10.6 Å². The van der Waals surface area contributed by atoms with Gasteiger partial charge in [0.25, 0.3) is 34.1 Å². The van der Waals surface area contributed by atoms with Crippen molar-refractivity contribution in [2.45, 2.75) is 13.8 Å². The number of aromatic carboxylic acids is 2. The number of carboxylic acid groups (broad SMARTS) is 2. The Balaban J connectivity index is 0.000000192. The van der Waals surface area contributed by atoms with Crippen molar-refractivity contribution in [2.24, 2.45) is 7.05 Å². The van der Waals surface area contributed by atoms with Crippen molar-refractivity contribution in [1.29, 1.82) is 0 Å². The number of benzene rings is 6. The predicted molar refractivity (Wildman–Crippen MR) is 238 cm³/mol. The second-order valence-corrected chi connectivity index (χ2v) is 14.5. The molecule has 0 bridgehead atoms. The molecule has 16 heteroatoms. The molecule has 2 amide bonds. The number of carbonyl (C=O) groups is 4. The highest BCUT2D eigenvalue weighted by molar-refractivity contribution is 6.15. The van der Waals surface area contributed by atoms with Gasteiger partial charge in [-0.2, -0.15) is 0 Å². The van der Waals surface area contributed by atoms with Gasteiger partial charge in [-0.05, 0) is 111 Å². The molecule has 0 saturated heterocycles. The molecule has 64 heavy (non-hydrogen) atoms. The van der Waals surface area contributed by atoms with E-state index >= 15 is 0 Å². The summed E-state index contributed by atoms with van der Waals surface area (Å²) in [5.74, 6) is -2.19. The number of fused-ring (bicyclic) bond motifs is 2. The molecule has 8 aromatic rings. The summed E-state index contributed by atoms with van der Waals surface area (Å²) >= 11 is 0. The highest BCUT2D eigenvalue weighted by Gasteiger charge is 2.26. The van der Waals surface area contributed by atoms with Gasteiger partial charge in [0, 0.05) is 19.8 Å². The van der Waals surface area contributed by atoms with Crippen LogP contribution in [0.1, 0.15) is 52.6 Å². The molecule has 2 aromatic heterocycles. The standard InChI is InChI=1S/C24H20N2O7.C24H16N2O5/c1-13-3-7-15(8-4-13)33-16-9-5-14(6-10-16)26-22(28)18-11-17(21(27)25-2)19(23(29)30)12-20(18)24(31)32;1-13-3-7-15(8-4-13)31-16-9-5-14(6-10-16)26-23(29)19-11-17-18(12-20(19)24(26)30)22(28)25(2)21(17)27/h3-12H,1-2H3,(H,25,27)(H,26,28)(H,29,30)(H,31,32);3-12H,1-2H3. The van der Waals surface area contributed by atoms with Crippen LogP contribution in [0.15, 0.2) is 141 Å². The van der Waals surface area contributed by atoms with Gasteiger partial charge < -0.3 is 30.3 Å². The quantitative estimate of drug-likeness (QED) is 0.118. The third-order valence-electron chi connectivity index (χ3n) is 10.2. The zero-order chi connectivity index (χ0) is 46.0. The van der Waals surface area contributed by atoms with Gasteiger partial charge in [0.05, 0.1) is 49.5 Å². The molecule has 0 saturated carbocycles. The molecule has 4 N–H and O–H groups in total. The van der Waals surface area contributed by atoms with E-state index in [1.54, 1.807) is 48.5 Å². The monoisotopic (exact) mass is 860 g/mol. The maximum Gasteiger partial charge on any atom is 0.336 e. The number of nitrogens with one attached hydrogen (secondary N) is 2. The lowest BCUT2D eigenvalue weighted by molar-refractivity contribution is 0.0689. The Kier molecular flexibility index (Phi) is 11.9.